The number of benzene rings is 1. The smallest absolute Gasteiger partial charge is 0.323 e. The molecule has 0 aliphatic rings. The number of esters is 1. The lowest BCUT2D eigenvalue weighted by Crippen LogP contribution is -2.41. The molecule has 0 fully saturated rings. The number of fused-ring (bicyclic) bond motifs is 1. The number of aromatic nitrogens is 1. The third kappa shape index (κ3) is 5.60. The molecule has 0 spiro atoms. The van der Waals surface area contributed by atoms with Crippen LogP contribution in [-0.4, -0.2) is 22.6 Å². The Bertz CT molecular complexity index is 689. The highest BCUT2D eigenvalue weighted by molar-refractivity contribution is 5.79. The summed E-state index contributed by atoms with van der Waals surface area (Å²) in [5, 5.41) is 4.47. The number of ether oxygens (including phenoxy) is 1. The Hall–Kier alpha value is -1.94. The molecule has 1 heterocycles. The Morgan fingerprint density at radius 1 is 1.25 bits per heavy atom. The number of rotatable bonds is 6. The third-order valence-corrected chi connectivity index (χ3v) is 3.62. The van der Waals surface area contributed by atoms with Gasteiger partial charge in [0.2, 0.25) is 0 Å². The summed E-state index contributed by atoms with van der Waals surface area (Å²) in [5.74, 6) is 0.231. The average molecular weight is 328 g/mol. The Balaban J connectivity index is 2.06. The van der Waals surface area contributed by atoms with Gasteiger partial charge in [-0.05, 0) is 56.9 Å². The van der Waals surface area contributed by atoms with Gasteiger partial charge in [0.1, 0.15) is 11.6 Å². The van der Waals surface area contributed by atoms with Crippen LogP contribution in [0.5, 0.6) is 0 Å². The van der Waals surface area contributed by atoms with Crippen molar-refractivity contribution in [2.45, 2.75) is 59.2 Å². The molecule has 2 rings (SSSR count). The molecule has 4 nitrogen and oxygen atoms in total. The molecule has 1 aromatic heterocycles. The lowest BCUT2D eigenvalue weighted by Gasteiger charge is -2.25. The standard InChI is InChI=1S/C20H28N2O2/c1-14(2)11-18(19(23)24-20(3,4)5)22-13-15-8-9-17-16(12-15)7-6-10-21-17/h6-10,12,14,18,22H,11,13H2,1-5H3/t18-/m0/s1. The van der Waals surface area contributed by atoms with E-state index in [4.69, 9.17) is 4.74 Å². The lowest BCUT2D eigenvalue weighted by atomic mass is 10.0. The first-order valence-electron chi connectivity index (χ1n) is 8.54. The van der Waals surface area contributed by atoms with Gasteiger partial charge in [-0.1, -0.05) is 26.0 Å². The molecular weight excluding hydrogens is 300 g/mol. The average Bonchev–Trinajstić information content (AvgIpc) is 2.49. The van der Waals surface area contributed by atoms with Crippen LogP contribution in [0.2, 0.25) is 0 Å². The van der Waals surface area contributed by atoms with E-state index in [2.05, 4.69) is 30.2 Å². The quantitative estimate of drug-likeness (QED) is 0.812. The van der Waals surface area contributed by atoms with Crippen LogP contribution in [0.15, 0.2) is 36.5 Å². The number of carbonyl (C=O) groups is 1. The SMILES string of the molecule is CC(C)C[C@H](NCc1ccc2ncccc2c1)C(=O)OC(C)(C)C. The predicted molar refractivity (Wildman–Crippen MR) is 97.7 cm³/mol. The molecule has 0 amide bonds. The highest BCUT2D eigenvalue weighted by atomic mass is 16.6. The fourth-order valence-electron chi connectivity index (χ4n) is 2.58. The van der Waals surface area contributed by atoms with E-state index in [-0.39, 0.29) is 12.0 Å². The van der Waals surface area contributed by atoms with Gasteiger partial charge in [0.05, 0.1) is 5.52 Å². The monoisotopic (exact) mass is 328 g/mol. The van der Waals surface area contributed by atoms with Crippen LogP contribution in [0.25, 0.3) is 10.9 Å². The lowest BCUT2D eigenvalue weighted by molar-refractivity contribution is -0.158. The van der Waals surface area contributed by atoms with Gasteiger partial charge in [0.15, 0.2) is 0 Å². The highest BCUT2D eigenvalue weighted by Crippen LogP contribution is 2.16. The number of carbonyl (C=O) groups excluding carboxylic acids is 1. The van der Waals surface area contributed by atoms with Crippen LogP contribution in [0, 0.1) is 5.92 Å². The zero-order valence-corrected chi connectivity index (χ0v) is 15.3. The molecule has 0 saturated carbocycles. The first-order valence-corrected chi connectivity index (χ1v) is 8.54. The van der Waals surface area contributed by atoms with Crippen LogP contribution in [-0.2, 0) is 16.1 Å². The molecular formula is C20H28N2O2. The van der Waals surface area contributed by atoms with Gasteiger partial charge in [-0.2, -0.15) is 0 Å². The first-order chi connectivity index (χ1) is 11.2. The molecule has 4 heteroatoms. The second kappa shape index (κ2) is 7.75. The minimum Gasteiger partial charge on any atom is -0.459 e. The van der Waals surface area contributed by atoms with Crippen molar-refractivity contribution in [2.24, 2.45) is 5.92 Å². The van der Waals surface area contributed by atoms with E-state index in [1.54, 1.807) is 6.20 Å². The van der Waals surface area contributed by atoms with E-state index in [1.165, 1.54) is 0 Å². The summed E-state index contributed by atoms with van der Waals surface area (Å²) >= 11 is 0. The molecule has 0 bridgehead atoms. The van der Waals surface area contributed by atoms with Crippen molar-refractivity contribution in [2.75, 3.05) is 0 Å². The Morgan fingerprint density at radius 2 is 2.00 bits per heavy atom. The van der Waals surface area contributed by atoms with Crippen LogP contribution >= 0.6 is 0 Å². The topological polar surface area (TPSA) is 51.2 Å². The van der Waals surface area contributed by atoms with E-state index in [0.717, 1.165) is 22.9 Å². The predicted octanol–water partition coefficient (Wildman–Crippen LogP) is 4.08. The van der Waals surface area contributed by atoms with E-state index < -0.39 is 5.60 Å². The molecule has 1 aromatic carbocycles. The van der Waals surface area contributed by atoms with E-state index in [1.807, 2.05) is 45.0 Å². The van der Waals surface area contributed by atoms with Crippen molar-refractivity contribution < 1.29 is 9.53 Å². The van der Waals surface area contributed by atoms with Gasteiger partial charge < -0.3 is 10.1 Å². The Kier molecular flexibility index (Phi) is 5.94. The maximum atomic E-state index is 12.4. The minimum atomic E-state index is -0.470. The molecule has 2 aromatic rings. The van der Waals surface area contributed by atoms with E-state index in [9.17, 15) is 4.79 Å². The van der Waals surface area contributed by atoms with Crippen molar-refractivity contribution in [3.8, 4) is 0 Å². The van der Waals surface area contributed by atoms with Gasteiger partial charge in [0.25, 0.3) is 0 Å². The van der Waals surface area contributed by atoms with Crippen LogP contribution in [0.1, 0.15) is 46.6 Å². The Labute approximate surface area is 144 Å². The first kappa shape index (κ1) is 18.4. The maximum Gasteiger partial charge on any atom is 0.323 e. The Morgan fingerprint density at radius 3 is 2.67 bits per heavy atom. The summed E-state index contributed by atoms with van der Waals surface area (Å²) in [7, 11) is 0. The molecule has 1 N–H and O–H groups in total. The summed E-state index contributed by atoms with van der Waals surface area (Å²) in [5.41, 5.74) is 1.64. The molecule has 0 radical (unpaired) electrons. The van der Waals surface area contributed by atoms with Gasteiger partial charge in [-0.15, -0.1) is 0 Å². The number of pyridine rings is 1. The van der Waals surface area contributed by atoms with Crippen LogP contribution in [0.3, 0.4) is 0 Å². The van der Waals surface area contributed by atoms with Gasteiger partial charge in [0, 0.05) is 18.1 Å². The molecule has 0 saturated heterocycles. The molecule has 0 aliphatic carbocycles. The maximum absolute atomic E-state index is 12.4. The minimum absolute atomic E-state index is 0.182. The van der Waals surface area contributed by atoms with Crippen molar-refractivity contribution in [3.63, 3.8) is 0 Å². The van der Waals surface area contributed by atoms with Crippen molar-refractivity contribution >= 4 is 16.9 Å². The fourth-order valence-corrected chi connectivity index (χ4v) is 2.58. The largest absolute Gasteiger partial charge is 0.459 e. The third-order valence-electron chi connectivity index (χ3n) is 3.62. The molecule has 0 aliphatic heterocycles. The summed E-state index contributed by atoms with van der Waals surface area (Å²) < 4.78 is 5.55. The second-order valence-electron chi connectivity index (χ2n) is 7.63. The zero-order chi connectivity index (χ0) is 17.7. The summed E-state index contributed by atoms with van der Waals surface area (Å²) in [4.78, 5) is 16.8. The summed E-state index contributed by atoms with van der Waals surface area (Å²) in [6.45, 7) is 10.5. The second-order valence-corrected chi connectivity index (χ2v) is 7.63. The van der Waals surface area contributed by atoms with Crippen LogP contribution in [0.4, 0.5) is 0 Å². The highest BCUT2D eigenvalue weighted by Gasteiger charge is 2.25. The number of nitrogens with one attached hydrogen (secondary N) is 1. The van der Waals surface area contributed by atoms with Gasteiger partial charge >= 0.3 is 5.97 Å². The normalized spacial score (nSPS) is 13.2. The van der Waals surface area contributed by atoms with Gasteiger partial charge in [-0.25, -0.2) is 0 Å². The van der Waals surface area contributed by atoms with Crippen molar-refractivity contribution in [1.82, 2.24) is 10.3 Å². The zero-order valence-electron chi connectivity index (χ0n) is 15.3. The molecule has 0 unspecified atom stereocenters. The van der Waals surface area contributed by atoms with Crippen LogP contribution < -0.4 is 5.32 Å². The number of nitrogens with zero attached hydrogens (tertiary/aromatic N) is 1. The van der Waals surface area contributed by atoms with Gasteiger partial charge in [-0.3, -0.25) is 9.78 Å². The molecule has 130 valence electrons. The summed E-state index contributed by atoms with van der Waals surface area (Å²) in [6.07, 6.45) is 2.55. The number of hydrogen-bond donors (Lipinski definition) is 1. The fraction of sp³-hybridized carbons (Fsp3) is 0.500. The molecule has 24 heavy (non-hydrogen) atoms. The summed E-state index contributed by atoms with van der Waals surface area (Å²) in [6, 6.07) is 9.85. The van der Waals surface area contributed by atoms with E-state index >= 15 is 0 Å². The van der Waals surface area contributed by atoms with E-state index in [0.29, 0.717) is 12.5 Å². The molecule has 1 atom stereocenters. The number of hydrogen-bond acceptors (Lipinski definition) is 4. The van der Waals surface area contributed by atoms with Crippen molar-refractivity contribution in [3.05, 3.63) is 42.1 Å². The van der Waals surface area contributed by atoms with Crippen molar-refractivity contribution in [1.29, 1.82) is 0 Å².